The van der Waals surface area contributed by atoms with Crippen molar-refractivity contribution in [3.05, 3.63) is 42.0 Å². The largest absolute Gasteiger partial charge is 0.340 e. The molecule has 1 saturated heterocycles. The Labute approximate surface area is 175 Å². The summed E-state index contributed by atoms with van der Waals surface area (Å²) in [7, 11) is 0. The summed E-state index contributed by atoms with van der Waals surface area (Å²) in [6, 6.07) is 10.7. The van der Waals surface area contributed by atoms with Crippen LogP contribution in [0.2, 0.25) is 0 Å². The van der Waals surface area contributed by atoms with Gasteiger partial charge in [0.25, 0.3) is 0 Å². The fourth-order valence-corrected chi connectivity index (χ4v) is 4.45. The van der Waals surface area contributed by atoms with Crippen molar-refractivity contribution in [1.82, 2.24) is 14.7 Å². The van der Waals surface area contributed by atoms with Gasteiger partial charge in [-0.25, -0.2) is 0 Å². The van der Waals surface area contributed by atoms with Crippen LogP contribution >= 0.6 is 0 Å². The van der Waals surface area contributed by atoms with Crippen LogP contribution < -0.4 is 0 Å². The van der Waals surface area contributed by atoms with Gasteiger partial charge in [0.2, 0.25) is 11.8 Å². The third kappa shape index (κ3) is 6.70. The summed E-state index contributed by atoms with van der Waals surface area (Å²) >= 11 is 0. The molecule has 0 N–H and O–H groups in total. The standard InChI is InChI=1S/C24H35N3O2/c1-21(28)27(23-12-6-3-7-13-23)16-14-24(29)26-19-17-25(18-20-26)15-8-11-22-9-4-2-5-10-22/h2,4-5,8-11,23H,3,6-7,12-20H2,1H3/b11-8+. The number of hydrogen-bond donors (Lipinski definition) is 0. The predicted molar refractivity (Wildman–Crippen MR) is 117 cm³/mol. The van der Waals surface area contributed by atoms with Gasteiger partial charge in [-0.1, -0.05) is 61.7 Å². The molecular weight excluding hydrogens is 362 g/mol. The summed E-state index contributed by atoms with van der Waals surface area (Å²) in [4.78, 5) is 31.0. The molecule has 0 spiro atoms. The van der Waals surface area contributed by atoms with Crippen molar-refractivity contribution in [3.63, 3.8) is 0 Å². The molecule has 1 aromatic carbocycles. The van der Waals surface area contributed by atoms with E-state index in [1.165, 1.54) is 24.8 Å². The van der Waals surface area contributed by atoms with Crippen LogP contribution in [-0.4, -0.2) is 71.8 Å². The lowest BCUT2D eigenvalue weighted by Gasteiger charge is -2.36. The molecule has 1 heterocycles. The van der Waals surface area contributed by atoms with Crippen LogP contribution in [0.3, 0.4) is 0 Å². The van der Waals surface area contributed by atoms with Gasteiger partial charge in [-0.15, -0.1) is 0 Å². The zero-order valence-corrected chi connectivity index (χ0v) is 17.8. The molecule has 0 atom stereocenters. The number of rotatable bonds is 7. The lowest BCUT2D eigenvalue weighted by molar-refractivity contribution is -0.136. The van der Waals surface area contributed by atoms with Gasteiger partial charge in [0.15, 0.2) is 0 Å². The van der Waals surface area contributed by atoms with Gasteiger partial charge >= 0.3 is 0 Å². The van der Waals surface area contributed by atoms with Crippen molar-refractivity contribution in [2.75, 3.05) is 39.3 Å². The summed E-state index contributed by atoms with van der Waals surface area (Å²) in [5.41, 5.74) is 1.22. The minimum Gasteiger partial charge on any atom is -0.340 e. The number of hydrogen-bond acceptors (Lipinski definition) is 3. The summed E-state index contributed by atoms with van der Waals surface area (Å²) in [5.74, 6) is 0.297. The maximum Gasteiger partial charge on any atom is 0.224 e. The van der Waals surface area contributed by atoms with E-state index in [0.717, 1.165) is 45.6 Å². The Hall–Kier alpha value is -2.14. The van der Waals surface area contributed by atoms with Crippen molar-refractivity contribution in [1.29, 1.82) is 0 Å². The van der Waals surface area contributed by atoms with Gasteiger partial charge in [0, 0.05) is 58.7 Å². The molecule has 0 bridgehead atoms. The minimum absolute atomic E-state index is 0.111. The summed E-state index contributed by atoms with van der Waals surface area (Å²) in [6.45, 7) is 6.49. The second-order valence-corrected chi connectivity index (χ2v) is 8.25. The van der Waals surface area contributed by atoms with Crippen molar-refractivity contribution in [3.8, 4) is 0 Å². The van der Waals surface area contributed by atoms with Gasteiger partial charge < -0.3 is 9.80 Å². The first kappa shape index (κ1) is 21.6. The Balaban J connectivity index is 1.39. The predicted octanol–water partition coefficient (Wildman–Crippen LogP) is 3.42. The van der Waals surface area contributed by atoms with E-state index in [4.69, 9.17) is 0 Å². The fraction of sp³-hybridized carbons (Fsp3) is 0.583. The highest BCUT2D eigenvalue weighted by Gasteiger charge is 2.25. The Kier molecular flexibility index (Phi) is 8.29. The van der Waals surface area contributed by atoms with Crippen molar-refractivity contribution in [2.45, 2.75) is 51.5 Å². The second-order valence-electron chi connectivity index (χ2n) is 8.25. The Morgan fingerprint density at radius 2 is 1.72 bits per heavy atom. The van der Waals surface area contributed by atoms with Crippen LogP contribution in [0.5, 0.6) is 0 Å². The lowest BCUT2D eigenvalue weighted by atomic mass is 9.94. The molecule has 3 rings (SSSR count). The first-order valence-corrected chi connectivity index (χ1v) is 11.1. The molecule has 5 nitrogen and oxygen atoms in total. The van der Waals surface area contributed by atoms with E-state index in [-0.39, 0.29) is 11.8 Å². The minimum atomic E-state index is 0.111. The summed E-state index contributed by atoms with van der Waals surface area (Å²) in [6.07, 6.45) is 10.6. The average Bonchev–Trinajstić information content (AvgIpc) is 2.75. The van der Waals surface area contributed by atoms with Gasteiger partial charge in [0.05, 0.1) is 0 Å². The molecule has 29 heavy (non-hydrogen) atoms. The molecule has 0 radical (unpaired) electrons. The van der Waals surface area contributed by atoms with Crippen LogP contribution in [0, 0.1) is 0 Å². The van der Waals surface area contributed by atoms with Gasteiger partial charge in [-0.3, -0.25) is 14.5 Å². The number of amides is 2. The Bertz CT molecular complexity index is 675. The molecule has 0 aromatic heterocycles. The summed E-state index contributed by atoms with van der Waals surface area (Å²) < 4.78 is 0. The van der Waals surface area contributed by atoms with E-state index in [1.807, 2.05) is 28.0 Å². The molecule has 5 heteroatoms. The lowest BCUT2D eigenvalue weighted by Crippen LogP contribution is -2.49. The first-order chi connectivity index (χ1) is 14.1. The van der Waals surface area contributed by atoms with E-state index in [1.54, 1.807) is 6.92 Å². The van der Waals surface area contributed by atoms with E-state index < -0.39 is 0 Å². The van der Waals surface area contributed by atoms with Crippen molar-refractivity contribution in [2.24, 2.45) is 0 Å². The number of carbonyl (C=O) groups excluding carboxylic acids is 2. The molecule has 1 aliphatic heterocycles. The second kappa shape index (κ2) is 11.1. The Morgan fingerprint density at radius 3 is 2.38 bits per heavy atom. The van der Waals surface area contributed by atoms with Gasteiger partial charge in [-0.05, 0) is 18.4 Å². The summed E-state index contributed by atoms with van der Waals surface area (Å²) in [5, 5.41) is 0. The number of carbonyl (C=O) groups is 2. The SMILES string of the molecule is CC(=O)N(CCC(=O)N1CCN(C/C=C/c2ccccc2)CC1)C1CCCCC1. The van der Waals surface area contributed by atoms with Crippen molar-refractivity contribution >= 4 is 17.9 Å². The highest BCUT2D eigenvalue weighted by Crippen LogP contribution is 2.23. The molecular formula is C24H35N3O2. The normalized spacial score (nSPS) is 18.9. The van der Waals surface area contributed by atoms with Crippen LogP contribution in [-0.2, 0) is 9.59 Å². The molecule has 2 amide bonds. The molecule has 158 valence electrons. The van der Waals surface area contributed by atoms with E-state index >= 15 is 0 Å². The molecule has 2 aliphatic rings. The zero-order chi connectivity index (χ0) is 20.5. The maximum atomic E-state index is 12.7. The third-order valence-electron chi connectivity index (χ3n) is 6.18. The molecule has 1 saturated carbocycles. The van der Waals surface area contributed by atoms with E-state index in [0.29, 0.717) is 19.0 Å². The number of piperazine rings is 1. The van der Waals surface area contributed by atoms with Crippen molar-refractivity contribution < 1.29 is 9.59 Å². The molecule has 0 unspecified atom stereocenters. The Morgan fingerprint density at radius 1 is 1.03 bits per heavy atom. The van der Waals surface area contributed by atoms with E-state index in [2.05, 4.69) is 29.2 Å². The molecule has 2 fully saturated rings. The highest BCUT2D eigenvalue weighted by molar-refractivity contribution is 5.78. The third-order valence-corrected chi connectivity index (χ3v) is 6.18. The van der Waals surface area contributed by atoms with Crippen LogP contribution in [0.25, 0.3) is 6.08 Å². The maximum absolute atomic E-state index is 12.7. The van der Waals surface area contributed by atoms with Gasteiger partial charge in [0.1, 0.15) is 0 Å². The number of benzene rings is 1. The van der Waals surface area contributed by atoms with Crippen LogP contribution in [0.4, 0.5) is 0 Å². The van der Waals surface area contributed by atoms with Crippen LogP contribution in [0.1, 0.15) is 51.0 Å². The van der Waals surface area contributed by atoms with Gasteiger partial charge in [-0.2, -0.15) is 0 Å². The average molecular weight is 398 g/mol. The fourth-order valence-electron chi connectivity index (χ4n) is 4.45. The first-order valence-electron chi connectivity index (χ1n) is 11.1. The zero-order valence-electron chi connectivity index (χ0n) is 17.8. The smallest absolute Gasteiger partial charge is 0.224 e. The molecule has 1 aliphatic carbocycles. The quantitative estimate of drug-likeness (QED) is 0.708. The highest BCUT2D eigenvalue weighted by atomic mass is 16.2. The molecule has 1 aromatic rings. The van der Waals surface area contributed by atoms with Crippen LogP contribution in [0.15, 0.2) is 36.4 Å². The number of nitrogens with zero attached hydrogens (tertiary/aromatic N) is 3. The van der Waals surface area contributed by atoms with E-state index in [9.17, 15) is 9.59 Å². The monoisotopic (exact) mass is 397 g/mol. The topological polar surface area (TPSA) is 43.9 Å².